The maximum atomic E-state index is 12.5. The van der Waals surface area contributed by atoms with Crippen LogP contribution >= 0.6 is 22.6 Å². The molecule has 23 heavy (non-hydrogen) atoms. The predicted octanol–water partition coefficient (Wildman–Crippen LogP) is 3.58. The summed E-state index contributed by atoms with van der Waals surface area (Å²) in [4.78, 5) is 12.5. The molecule has 0 amide bonds. The van der Waals surface area contributed by atoms with Crippen LogP contribution in [0.4, 0.5) is 0 Å². The number of fused-ring (bicyclic) bond motifs is 2. The molecule has 0 atom stereocenters. The lowest BCUT2D eigenvalue weighted by atomic mass is 10.1. The fraction of sp³-hybridized carbons (Fsp3) is 0.167. The van der Waals surface area contributed by atoms with E-state index < -0.39 is 0 Å². The molecular formula is C18H14INO3. The molecule has 0 saturated heterocycles. The average molecular weight is 419 g/mol. The molecular weight excluding hydrogens is 405 g/mol. The molecule has 3 aromatic rings. The number of nitrogens with zero attached hydrogens (tertiary/aromatic N) is 1. The van der Waals surface area contributed by atoms with Crippen LogP contribution in [-0.2, 0) is 13.0 Å². The van der Waals surface area contributed by atoms with Crippen LogP contribution < -0.4 is 15.0 Å². The second-order valence-electron chi connectivity index (χ2n) is 5.45. The van der Waals surface area contributed by atoms with Crippen molar-refractivity contribution in [1.29, 1.82) is 0 Å². The number of ether oxygens (including phenoxy) is 2. The van der Waals surface area contributed by atoms with Gasteiger partial charge in [0, 0.05) is 21.7 Å². The molecule has 0 unspecified atom stereocenters. The van der Waals surface area contributed by atoms with Crippen molar-refractivity contribution in [2.75, 3.05) is 6.79 Å². The van der Waals surface area contributed by atoms with E-state index in [-0.39, 0.29) is 12.4 Å². The summed E-state index contributed by atoms with van der Waals surface area (Å²) in [7, 11) is 0. The van der Waals surface area contributed by atoms with E-state index in [1.807, 2.05) is 48.7 Å². The molecule has 0 fully saturated rings. The number of halogens is 1. The fourth-order valence-corrected chi connectivity index (χ4v) is 3.51. The highest BCUT2D eigenvalue weighted by Gasteiger charge is 2.16. The van der Waals surface area contributed by atoms with Crippen molar-refractivity contribution >= 4 is 33.4 Å². The number of aromatic nitrogens is 1. The third kappa shape index (κ3) is 2.69. The summed E-state index contributed by atoms with van der Waals surface area (Å²) in [5.74, 6) is 1.58. The van der Waals surface area contributed by atoms with E-state index >= 15 is 0 Å². The molecule has 0 N–H and O–H groups in total. The summed E-state index contributed by atoms with van der Waals surface area (Å²) in [6, 6.07) is 13.7. The lowest BCUT2D eigenvalue weighted by Crippen LogP contribution is -2.20. The third-order valence-electron chi connectivity index (χ3n) is 4.05. The highest BCUT2D eigenvalue weighted by atomic mass is 127. The molecule has 0 spiro atoms. The highest BCUT2D eigenvalue weighted by Crippen LogP contribution is 2.35. The second kappa shape index (κ2) is 5.88. The summed E-state index contributed by atoms with van der Waals surface area (Å²) >= 11 is 2.30. The lowest BCUT2D eigenvalue weighted by Gasteiger charge is -2.09. The topological polar surface area (TPSA) is 40.5 Å². The van der Waals surface area contributed by atoms with Gasteiger partial charge in [0.1, 0.15) is 0 Å². The van der Waals surface area contributed by atoms with Gasteiger partial charge in [0.25, 0.3) is 5.56 Å². The molecule has 116 valence electrons. The number of pyridine rings is 1. The van der Waals surface area contributed by atoms with Gasteiger partial charge >= 0.3 is 0 Å². The standard InChI is InChI=1S/C18H14INO3/c19-15-10-17-16(22-11-23-17)9-13(15)6-8-20-7-5-12-3-1-2-4-14(12)18(20)21/h1-5,7,9-10H,6,8,11H2. The Hall–Kier alpha value is -2.02. The van der Waals surface area contributed by atoms with Gasteiger partial charge in [-0.3, -0.25) is 4.79 Å². The molecule has 0 radical (unpaired) electrons. The Kier molecular flexibility index (Phi) is 3.72. The number of hydrogen-bond donors (Lipinski definition) is 0. The van der Waals surface area contributed by atoms with Gasteiger partial charge in [0.2, 0.25) is 6.79 Å². The van der Waals surface area contributed by atoms with Gasteiger partial charge in [-0.05, 0) is 64.2 Å². The Balaban J connectivity index is 1.62. The summed E-state index contributed by atoms with van der Waals surface area (Å²) in [5.41, 5.74) is 1.22. The number of rotatable bonds is 3. The zero-order valence-electron chi connectivity index (χ0n) is 12.3. The first-order valence-electron chi connectivity index (χ1n) is 7.38. The molecule has 1 aromatic heterocycles. The van der Waals surface area contributed by atoms with E-state index in [4.69, 9.17) is 9.47 Å². The van der Waals surface area contributed by atoms with Crippen LogP contribution in [0.5, 0.6) is 11.5 Å². The Morgan fingerprint density at radius 2 is 1.87 bits per heavy atom. The fourth-order valence-electron chi connectivity index (χ4n) is 2.80. The third-order valence-corrected chi connectivity index (χ3v) is 5.05. The maximum Gasteiger partial charge on any atom is 0.258 e. The number of hydrogen-bond acceptors (Lipinski definition) is 3. The van der Waals surface area contributed by atoms with Crippen molar-refractivity contribution in [2.45, 2.75) is 13.0 Å². The molecule has 5 heteroatoms. The second-order valence-corrected chi connectivity index (χ2v) is 6.61. The minimum atomic E-state index is 0.0545. The summed E-state index contributed by atoms with van der Waals surface area (Å²) < 4.78 is 13.7. The molecule has 2 aromatic carbocycles. The van der Waals surface area contributed by atoms with Crippen LogP contribution in [-0.4, -0.2) is 11.4 Å². The van der Waals surface area contributed by atoms with Crippen LogP contribution in [0.15, 0.2) is 53.5 Å². The molecule has 0 aliphatic carbocycles. The largest absolute Gasteiger partial charge is 0.454 e. The van der Waals surface area contributed by atoms with Crippen molar-refractivity contribution < 1.29 is 9.47 Å². The quantitative estimate of drug-likeness (QED) is 0.610. The van der Waals surface area contributed by atoms with E-state index in [1.165, 1.54) is 0 Å². The predicted molar refractivity (Wildman–Crippen MR) is 97.2 cm³/mol. The number of aryl methyl sites for hydroxylation is 2. The van der Waals surface area contributed by atoms with Crippen molar-refractivity contribution in [3.63, 3.8) is 0 Å². The van der Waals surface area contributed by atoms with Gasteiger partial charge in [-0.25, -0.2) is 0 Å². The van der Waals surface area contributed by atoms with Gasteiger partial charge in [-0.1, -0.05) is 18.2 Å². The Bertz CT molecular complexity index is 949. The van der Waals surface area contributed by atoms with E-state index in [9.17, 15) is 4.79 Å². The van der Waals surface area contributed by atoms with E-state index in [0.717, 1.165) is 37.8 Å². The van der Waals surface area contributed by atoms with Crippen LogP contribution in [0.25, 0.3) is 10.8 Å². The molecule has 0 saturated carbocycles. The molecule has 4 nitrogen and oxygen atoms in total. The molecule has 1 aliphatic rings. The molecule has 4 rings (SSSR count). The summed E-state index contributed by atoms with van der Waals surface area (Å²) in [5, 5.41) is 1.74. The molecule has 0 bridgehead atoms. The van der Waals surface area contributed by atoms with Crippen molar-refractivity contribution in [2.24, 2.45) is 0 Å². The van der Waals surface area contributed by atoms with Crippen LogP contribution in [0.3, 0.4) is 0 Å². The first-order valence-corrected chi connectivity index (χ1v) is 8.46. The first-order chi connectivity index (χ1) is 11.2. The number of benzene rings is 2. The van der Waals surface area contributed by atoms with E-state index in [0.29, 0.717) is 6.54 Å². The van der Waals surface area contributed by atoms with Crippen LogP contribution in [0.2, 0.25) is 0 Å². The first kappa shape index (κ1) is 14.6. The minimum absolute atomic E-state index is 0.0545. The van der Waals surface area contributed by atoms with Crippen molar-refractivity contribution in [3.05, 3.63) is 68.1 Å². The monoisotopic (exact) mass is 419 g/mol. The maximum absolute atomic E-state index is 12.5. The zero-order valence-corrected chi connectivity index (χ0v) is 14.4. The van der Waals surface area contributed by atoms with Gasteiger partial charge < -0.3 is 14.0 Å². The normalized spacial score (nSPS) is 12.7. The summed E-state index contributed by atoms with van der Waals surface area (Å²) in [6.45, 7) is 0.915. The van der Waals surface area contributed by atoms with E-state index in [2.05, 4.69) is 22.6 Å². The SMILES string of the molecule is O=c1c2ccccc2ccn1CCc1cc2c(cc1I)OCO2. The molecule has 1 aliphatic heterocycles. The van der Waals surface area contributed by atoms with E-state index in [1.54, 1.807) is 4.57 Å². The van der Waals surface area contributed by atoms with Gasteiger partial charge in [0.05, 0.1) is 0 Å². The minimum Gasteiger partial charge on any atom is -0.454 e. The van der Waals surface area contributed by atoms with Crippen LogP contribution in [0, 0.1) is 3.57 Å². The van der Waals surface area contributed by atoms with Crippen molar-refractivity contribution in [1.82, 2.24) is 4.57 Å². The summed E-state index contributed by atoms with van der Waals surface area (Å²) in [6.07, 6.45) is 2.64. The Labute approximate surface area is 146 Å². The zero-order chi connectivity index (χ0) is 15.8. The average Bonchev–Trinajstić information content (AvgIpc) is 3.01. The highest BCUT2D eigenvalue weighted by molar-refractivity contribution is 14.1. The van der Waals surface area contributed by atoms with Gasteiger partial charge in [0.15, 0.2) is 11.5 Å². The van der Waals surface area contributed by atoms with Gasteiger partial charge in [-0.15, -0.1) is 0 Å². The Morgan fingerprint density at radius 1 is 1.09 bits per heavy atom. The van der Waals surface area contributed by atoms with Gasteiger partial charge in [-0.2, -0.15) is 0 Å². The Morgan fingerprint density at radius 3 is 2.74 bits per heavy atom. The molecule has 2 heterocycles. The lowest BCUT2D eigenvalue weighted by molar-refractivity contribution is 0.174. The van der Waals surface area contributed by atoms with Crippen LogP contribution in [0.1, 0.15) is 5.56 Å². The van der Waals surface area contributed by atoms with Crippen molar-refractivity contribution in [3.8, 4) is 11.5 Å². The smallest absolute Gasteiger partial charge is 0.258 e.